The molecule has 0 aliphatic carbocycles. The Morgan fingerprint density at radius 3 is 3.00 bits per heavy atom. The summed E-state index contributed by atoms with van der Waals surface area (Å²) >= 11 is 3.37. The fraction of sp³-hybridized carbons (Fsp3) is 0.545. The molecule has 0 fully saturated rings. The third-order valence-electron chi connectivity index (χ3n) is 2.36. The monoisotopic (exact) mass is 258 g/mol. The van der Waals surface area contributed by atoms with Crippen molar-refractivity contribution in [2.75, 3.05) is 12.0 Å². The Hall–Kier alpha value is -0.520. The van der Waals surface area contributed by atoms with E-state index < -0.39 is 0 Å². The molecular weight excluding hydrogens is 240 g/mol. The minimum absolute atomic E-state index is 0.0538. The summed E-state index contributed by atoms with van der Waals surface area (Å²) in [7, 11) is 0. The molecule has 0 saturated heterocycles. The quantitative estimate of drug-likeness (QED) is 0.817. The predicted octanol–water partition coefficient (Wildman–Crippen LogP) is 1.75. The van der Waals surface area contributed by atoms with E-state index >= 15 is 0 Å². The Morgan fingerprint density at radius 2 is 2.44 bits per heavy atom. The van der Waals surface area contributed by atoms with Gasteiger partial charge in [0.15, 0.2) is 0 Å². The van der Waals surface area contributed by atoms with Crippen molar-refractivity contribution in [3.05, 3.63) is 21.9 Å². The van der Waals surface area contributed by atoms with E-state index in [1.165, 1.54) is 10.4 Å². The highest BCUT2D eigenvalue weighted by Gasteiger charge is 2.12. The second kappa shape index (κ2) is 6.93. The summed E-state index contributed by atoms with van der Waals surface area (Å²) in [6.45, 7) is 2.64. The summed E-state index contributed by atoms with van der Waals surface area (Å²) in [6, 6.07) is 1.67. The number of nitrogens with two attached hydrogens (primary N) is 1. The molecule has 0 saturated carbocycles. The molecule has 0 aliphatic heterocycles. The number of hydrogen-bond acceptors (Lipinski definition) is 4. The number of aryl methyl sites for hydroxylation is 1. The minimum atomic E-state index is -0.382. The Balaban J connectivity index is 2.32. The number of thioether (sulfide) groups is 1. The molecule has 1 rings (SSSR count). The molecule has 0 bridgehead atoms. The Morgan fingerprint density at radius 1 is 1.69 bits per heavy atom. The van der Waals surface area contributed by atoms with Crippen LogP contribution in [0.15, 0.2) is 11.4 Å². The summed E-state index contributed by atoms with van der Waals surface area (Å²) in [5.41, 5.74) is 6.98. The molecule has 1 atom stereocenters. The topological polar surface area (TPSA) is 55.1 Å². The Kier molecular flexibility index (Phi) is 5.87. The van der Waals surface area contributed by atoms with Crippen LogP contribution in [0, 0.1) is 6.92 Å². The molecule has 0 aromatic carbocycles. The molecule has 3 N–H and O–H groups in total. The van der Waals surface area contributed by atoms with Crippen LogP contribution in [0.4, 0.5) is 0 Å². The van der Waals surface area contributed by atoms with Gasteiger partial charge in [-0.1, -0.05) is 0 Å². The van der Waals surface area contributed by atoms with E-state index in [0.29, 0.717) is 6.54 Å². The van der Waals surface area contributed by atoms with Gasteiger partial charge in [-0.25, -0.2) is 0 Å². The molecule has 0 aliphatic rings. The molecular formula is C11H18N2OS2. The standard InChI is InChI=1S/C11H18N2OS2/c1-8-3-6-16-10(8)7-13-11(14)9(12)4-5-15-2/h3,6,9H,4-5,7,12H2,1-2H3,(H,13,14)/t9-/m0/s1. The number of amides is 1. The van der Waals surface area contributed by atoms with Gasteiger partial charge in [0.2, 0.25) is 5.91 Å². The molecule has 1 aromatic rings. The maximum Gasteiger partial charge on any atom is 0.237 e. The first-order valence-electron chi connectivity index (χ1n) is 5.20. The van der Waals surface area contributed by atoms with Gasteiger partial charge in [-0.3, -0.25) is 4.79 Å². The van der Waals surface area contributed by atoms with Gasteiger partial charge >= 0.3 is 0 Å². The highest BCUT2D eigenvalue weighted by molar-refractivity contribution is 7.98. The molecule has 1 amide bonds. The fourth-order valence-corrected chi connectivity index (χ4v) is 2.60. The average Bonchev–Trinajstić information content (AvgIpc) is 2.68. The maximum absolute atomic E-state index is 11.6. The van der Waals surface area contributed by atoms with Gasteiger partial charge in [0.1, 0.15) is 0 Å². The normalized spacial score (nSPS) is 12.4. The zero-order valence-electron chi connectivity index (χ0n) is 9.66. The van der Waals surface area contributed by atoms with E-state index in [2.05, 4.69) is 11.4 Å². The zero-order valence-corrected chi connectivity index (χ0v) is 11.3. The largest absolute Gasteiger partial charge is 0.350 e. The predicted molar refractivity (Wildman–Crippen MR) is 71.9 cm³/mol. The van der Waals surface area contributed by atoms with Crippen molar-refractivity contribution in [3.8, 4) is 0 Å². The summed E-state index contributed by atoms with van der Waals surface area (Å²) in [4.78, 5) is 12.8. The molecule has 0 unspecified atom stereocenters. The van der Waals surface area contributed by atoms with Crippen LogP contribution >= 0.6 is 23.1 Å². The van der Waals surface area contributed by atoms with Crippen molar-refractivity contribution in [2.24, 2.45) is 5.73 Å². The van der Waals surface area contributed by atoms with Crippen molar-refractivity contribution >= 4 is 29.0 Å². The summed E-state index contributed by atoms with van der Waals surface area (Å²) < 4.78 is 0. The highest BCUT2D eigenvalue weighted by atomic mass is 32.2. The van der Waals surface area contributed by atoms with Crippen molar-refractivity contribution < 1.29 is 4.79 Å². The summed E-state index contributed by atoms with van der Waals surface area (Å²) in [5, 5.41) is 4.90. The van der Waals surface area contributed by atoms with Gasteiger partial charge in [-0.05, 0) is 42.4 Å². The number of carbonyl (C=O) groups excluding carboxylic acids is 1. The minimum Gasteiger partial charge on any atom is -0.350 e. The second-order valence-corrected chi connectivity index (χ2v) is 5.62. The Labute approximate surface area is 105 Å². The van der Waals surface area contributed by atoms with Gasteiger partial charge in [0, 0.05) is 4.88 Å². The lowest BCUT2D eigenvalue weighted by atomic mass is 10.2. The van der Waals surface area contributed by atoms with E-state index in [4.69, 9.17) is 5.73 Å². The molecule has 90 valence electrons. The van der Waals surface area contributed by atoms with E-state index in [9.17, 15) is 4.79 Å². The first-order valence-corrected chi connectivity index (χ1v) is 7.47. The van der Waals surface area contributed by atoms with Crippen LogP contribution in [-0.4, -0.2) is 24.0 Å². The lowest BCUT2D eigenvalue weighted by molar-refractivity contribution is -0.122. The average molecular weight is 258 g/mol. The molecule has 1 heterocycles. The first kappa shape index (κ1) is 13.5. The zero-order chi connectivity index (χ0) is 12.0. The number of hydrogen-bond donors (Lipinski definition) is 2. The van der Waals surface area contributed by atoms with Crippen LogP contribution in [0.25, 0.3) is 0 Å². The molecule has 0 radical (unpaired) electrons. The third-order valence-corrected chi connectivity index (χ3v) is 4.03. The Bertz CT molecular complexity index is 338. The lowest BCUT2D eigenvalue weighted by Crippen LogP contribution is -2.40. The van der Waals surface area contributed by atoms with E-state index in [1.807, 2.05) is 18.6 Å². The SMILES string of the molecule is CSCC[C@H](N)C(=O)NCc1sccc1C. The third kappa shape index (κ3) is 4.15. The maximum atomic E-state index is 11.6. The van der Waals surface area contributed by atoms with Crippen molar-refractivity contribution in [1.82, 2.24) is 5.32 Å². The second-order valence-electron chi connectivity index (χ2n) is 3.63. The van der Waals surface area contributed by atoms with Crippen molar-refractivity contribution in [3.63, 3.8) is 0 Å². The summed E-state index contributed by atoms with van der Waals surface area (Å²) in [5.74, 6) is 0.869. The van der Waals surface area contributed by atoms with E-state index in [-0.39, 0.29) is 11.9 Å². The number of rotatable bonds is 6. The first-order chi connectivity index (χ1) is 7.65. The molecule has 0 spiro atoms. The molecule has 16 heavy (non-hydrogen) atoms. The van der Waals surface area contributed by atoms with Gasteiger partial charge in [-0.15, -0.1) is 11.3 Å². The van der Waals surface area contributed by atoms with Crippen molar-refractivity contribution in [1.29, 1.82) is 0 Å². The van der Waals surface area contributed by atoms with Gasteiger partial charge in [-0.2, -0.15) is 11.8 Å². The van der Waals surface area contributed by atoms with Crippen molar-refractivity contribution in [2.45, 2.75) is 25.9 Å². The summed E-state index contributed by atoms with van der Waals surface area (Å²) in [6.07, 6.45) is 2.75. The van der Waals surface area contributed by atoms with Crippen LogP contribution in [0.5, 0.6) is 0 Å². The lowest BCUT2D eigenvalue weighted by Gasteiger charge is -2.11. The van der Waals surface area contributed by atoms with E-state index in [0.717, 1.165) is 12.2 Å². The fourth-order valence-electron chi connectivity index (χ4n) is 1.26. The van der Waals surface area contributed by atoms with E-state index in [1.54, 1.807) is 23.1 Å². The number of thiophene rings is 1. The van der Waals surface area contributed by atoms with Gasteiger partial charge in [0.05, 0.1) is 12.6 Å². The number of carbonyl (C=O) groups is 1. The molecule has 1 aromatic heterocycles. The molecule has 5 heteroatoms. The van der Waals surface area contributed by atoms with Crippen LogP contribution in [0.3, 0.4) is 0 Å². The number of nitrogens with one attached hydrogen (secondary N) is 1. The smallest absolute Gasteiger partial charge is 0.237 e. The van der Waals surface area contributed by atoms with Gasteiger partial charge < -0.3 is 11.1 Å². The van der Waals surface area contributed by atoms with Gasteiger partial charge in [0.25, 0.3) is 0 Å². The van der Waals surface area contributed by atoms with Crippen LogP contribution in [0.1, 0.15) is 16.9 Å². The highest BCUT2D eigenvalue weighted by Crippen LogP contribution is 2.14. The van der Waals surface area contributed by atoms with Crippen LogP contribution in [0.2, 0.25) is 0 Å². The van der Waals surface area contributed by atoms with Crippen LogP contribution < -0.4 is 11.1 Å². The van der Waals surface area contributed by atoms with Crippen LogP contribution in [-0.2, 0) is 11.3 Å². The molecule has 3 nitrogen and oxygen atoms in total.